The number of benzene rings is 2. The van der Waals surface area contributed by atoms with Gasteiger partial charge in [0.05, 0.1) is 10.6 Å². The zero-order valence-electron chi connectivity index (χ0n) is 13.7. The van der Waals surface area contributed by atoms with E-state index in [1.807, 2.05) is 24.3 Å². The average Bonchev–Trinajstić information content (AvgIpc) is 3.29. The lowest BCUT2D eigenvalue weighted by Crippen LogP contribution is -2.29. The van der Waals surface area contributed by atoms with Crippen molar-refractivity contribution in [2.24, 2.45) is 0 Å². The summed E-state index contributed by atoms with van der Waals surface area (Å²) in [4.78, 5) is 14.8. The molecule has 27 heavy (non-hydrogen) atoms. The van der Waals surface area contributed by atoms with Gasteiger partial charge in [-0.3, -0.25) is 14.4 Å². The Bertz CT molecular complexity index is 1140. The molecule has 0 aliphatic carbocycles. The summed E-state index contributed by atoms with van der Waals surface area (Å²) in [6.07, 6.45) is 0.510. The first-order valence-electron chi connectivity index (χ1n) is 7.88. The van der Waals surface area contributed by atoms with Gasteiger partial charge in [0.25, 0.3) is 15.7 Å². The van der Waals surface area contributed by atoms with E-state index in [1.54, 1.807) is 6.07 Å². The summed E-state index contributed by atoms with van der Waals surface area (Å²) in [6.45, 7) is 0.240. The summed E-state index contributed by atoms with van der Waals surface area (Å²) in [7, 11) is -3.89. The van der Waals surface area contributed by atoms with Crippen LogP contribution < -0.4 is 4.31 Å². The first-order valence-corrected chi connectivity index (χ1v) is 11.0. The summed E-state index contributed by atoms with van der Waals surface area (Å²) >= 11 is 4.61. The number of nitrogens with zero attached hydrogens (tertiary/aromatic N) is 3. The molecule has 138 valence electrons. The highest BCUT2D eigenvalue weighted by Crippen LogP contribution is 2.36. The molecule has 7 nitrogen and oxygen atoms in total. The molecule has 0 amide bonds. The Hall–Kier alpha value is -2.30. The van der Waals surface area contributed by atoms with Gasteiger partial charge in [-0.1, -0.05) is 34.1 Å². The molecule has 0 saturated carbocycles. The third-order valence-electron chi connectivity index (χ3n) is 4.26. The van der Waals surface area contributed by atoms with Crippen molar-refractivity contribution >= 4 is 48.7 Å². The molecule has 0 radical (unpaired) electrons. The van der Waals surface area contributed by atoms with E-state index in [0.717, 1.165) is 15.6 Å². The summed E-state index contributed by atoms with van der Waals surface area (Å²) in [5.74, 6) is 0. The number of hydrogen-bond donors (Lipinski definition) is 0. The number of non-ortho nitro benzene ring substituents is 1. The molecule has 0 fully saturated rings. The van der Waals surface area contributed by atoms with Crippen LogP contribution in [0.2, 0.25) is 0 Å². The summed E-state index contributed by atoms with van der Waals surface area (Å²) in [5.41, 5.74) is 1.81. The molecule has 1 aromatic heterocycles. The van der Waals surface area contributed by atoms with Crippen LogP contribution >= 0.6 is 27.3 Å². The second-order valence-corrected chi connectivity index (χ2v) is 9.48. The largest absolute Gasteiger partial charge is 0.282 e. The SMILES string of the molecule is O=[N+]([O-])c1ccc2c(c1)N(S(=O)(=O)c1csc(-c3ccc(Br)cc3)n1)CC2. The summed E-state index contributed by atoms with van der Waals surface area (Å²) in [5, 5.41) is 13.1. The maximum atomic E-state index is 13.1. The minimum atomic E-state index is -3.89. The van der Waals surface area contributed by atoms with E-state index in [0.29, 0.717) is 17.1 Å². The molecular formula is C17H12BrN3O4S2. The van der Waals surface area contributed by atoms with E-state index in [-0.39, 0.29) is 17.3 Å². The first kappa shape index (κ1) is 18.1. The van der Waals surface area contributed by atoms with Gasteiger partial charge in [-0.05, 0) is 24.1 Å². The smallest absolute Gasteiger partial charge is 0.264 e. The molecule has 0 spiro atoms. The standard InChI is InChI=1S/C17H12BrN3O4S2/c18-13-4-1-12(2-5-13)17-19-16(10-26-17)27(24,25)20-8-7-11-3-6-14(21(22)23)9-15(11)20/h1-6,9-10H,7-8H2. The van der Waals surface area contributed by atoms with Gasteiger partial charge in [-0.25, -0.2) is 4.98 Å². The van der Waals surface area contributed by atoms with Crippen molar-refractivity contribution in [3.63, 3.8) is 0 Å². The Balaban J connectivity index is 1.71. The molecule has 0 saturated heterocycles. The normalized spacial score (nSPS) is 13.6. The number of anilines is 1. The number of hydrogen-bond acceptors (Lipinski definition) is 6. The van der Waals surface area contributed by atoms with E-state index >= 15 is 0 Å². The van der Waals surface area contributed by atoms with Crippen LogP contribution in [0.25, 0.3) is 10.6 Å². The Morgan fingerprint density at radius 2 is 1.93 bits per heavy atom. The maximum Gasteiger partial charge on any atom is 0.282 e. The lowest BCUT2D eigenvalue weighted by atomic mass is 10.1. The van der Waals surface area contributed by atoms with Crippen molar-refractivity contribution in [3.05, 3.63) is 68.0 Å². The van der Waals surface area contributed by atoms with Gasteiger partial charge < -0.3 is 0 Å². The third-order valence-corrected chi connectivity index (χ3v) is 7.53. The number of nitro benzene ring substituents is 1. The average molecular weight is 466 g/mol. The fraction of sp³-hybridized carbons (Fsp3) is 0.118. The van der Waals surface area contributed by atoms with Crippen LogP contribution in [0.5, 0.6) is 0 Å². The van der Waals surface area contributed by atoms with Gasteiger partial charge in [0.2, 0.25) is 0 Å². The minimum Gasteiger partial charge on any atom is -0.264 e. The van der Waals surface area contributed by atoms with Crippen LogP contribution in [-0.2, 0) is 16.4 Å². The van der Waals surface area contributed by atoms with E-state index in [2.05, 4.69) is 20.9 Å². The van der Waals surface area contributed by atoms with Crippen LogP contribution in [0.4, 0.5) is 11.4 Å². The number of sulfonamides is 1. The molecule has 4 rings (SSSR count). The highest BCUT2D eigenvalue weighted by molar-refractivity contribution is 9.10. The van der Waals surface area contributed by atoms with Crippen molar-refractivity contribution in [1.29, 1.82) is 0 Å². The fourth-order valence-electron chi connectivity index (χ4n) is 2.92. The Labute approximate surface area is 167 Å². The summed E-state index contributed by atoms with van der Waals surface area (Å²) < 4.78 is 28.3. The molecule has 2 aromatic carbocycles. The second-order valence-electron chi connectivity index (χ2n) is 5.90. The van der Waals surface area contributed by atoms with Crippen LogP contribution in [0.3, 0.4) is 0 Å². The van der Waals surface area contributed by atoms with Gasteiger partial charge in [0.1, 0.15) is 5.01 Å². The number of thiazole rings is 1. The molecule has 10 heteroatoms. The van der Waals surface area contributed by atoms with Crippen molar-refractivity contribution in [2.45, 2.75) is 11.4 Å². The number of rotatable bonds is 4. The molecule has 1 aliphatic rings. The molecular weight excluding hydrogens is 454 g/mol. The maximum absolute atomic E-state index is 13.1. The predicted octanol–water partition coefficient (Wildman–Crippen LogP) is 4.23. The Morgan fingerprint density at radius 3 is 2.63 bits per heavy atom. The van der Waals surface area contributed by atoms with Crippen LogP contribution in [0.15, 0.2) is 57.3 Å². The van der Waals surface area contributed by atoms with Crippen molar-refractivity contribution < 1.29 is 13.3 Å². The molecule has 1 aliphatic heterocycles. The van der Waals surface area contributed by atoms with Crippen LogP contribution in [0.1, 0.15) is 5.56 Å². The number of halogens is 1. The molecule has 0 N–H and O–H groups in total. The van der Waals surface area contributed by atoms with Gasteiger partial charge >= 0.3 is 0 Å². The monoisotopic (exact) mass is 465 g/mol. The second kappa shape index (κ2) is 6.70. The van der Waals surface area contributed by atoms with Gasteiger partial charge in [0.15, 0.2) is 5.03 Å². The third kappa shape index (κ3) is 3.24. The molecule has 0 unspecified atom stereocenters. The number of nitro groups is 1. The molecule has 3 aromatic rings. The topological polar surface area (TPSA) is 93.4 Å². The molecule has 0 atom stereocenters. The number of aromatic nitrogens is 1. The first-order chi connectivity index (χ1) is 12.9. The number of fused-ring (bicyclic) bond motifs is 1. The quantitative estimate of drug-likeness (QED) is 0.424. The van der Waals surface area contributed by atoms with Crippen molar-refractivity contribution in [1.82, 2.24) is 4.98 Å². The van der Waals surface area contributed by atoms with Crippen LogP contribution in [0, 0.1) is 10.1 Å². The van der Waals surface area contributed by atoms with E-state index in [9.17, 15) is 18.5 Å². The lowest BCUT2D eigenvalue weighted by Gasteiger charge is -2.17. The van der Waals surface area contributed by atoms with Crippen molar-refractivity contribution in [3.8, 4) is 10.6 Å². The zero-order valence-corrected chi connectivity index (χ0v) is 16.9. The molecule has 2 heterocycles. The predicted molar refractivity (Wildman–Crippen MR) is 107 cm³/mol. The highest BCUT2D eigenvalue weighted by Gasteiger charge is 2.33. The van der Waals surface area contributed by atoms with Crippen LogP contribution in [-0.4, -0.2) is 24.9 Å². The highest BCUT2D eigenvalue weighted by atomic mass is 79.9. The lowest BCUT2D eigenvalue weighted by molar-refractivity contribution is -0.384. The van der Waals surface area contributed by atoms with Gasteiger partial charge in [0, 0.05) is 34.1 Å². The fourth-order valence-corrected chi connectivity index (χ4v) is 5.75. The molecule has 0 bridgehead atoms. The Kier molecular flexibility index (Phi) is 4.49. The van der Waals surface area contributed by atoms with E-state index < -0.39 is 14.9 Å². The summed E-state index contributed by atoms with van der Waals surface area (Å²) in [6, 6.07) is 11.7. The minimum absolute atomic E-state index is 0.0511. The van der Waals surface area contributed by atoms with Crippen molar-refractivity contribution in [2.75, 3.05) is 10.8 Å². The zero-order chi connectivity index (χ0) is 19.2. The van der Waals surface area contributed by atoms with Gasteiger partial charge in [-0.15, -0.1) is 11.3 Å². The Morgan fingerprint density at radius 1 is 1.19 bits per heavy atom. The van der Waals surface area contributed by atoms with E-state index in [1.165, 1.54) is 33.2 Å². The van der Waals surface area contributed by atoms with E-state index in [4.69, 9.17) is 0 Å². The van der Waals surface area contributed by atoms with Gasteiger partial charge in [-0.2, -0.15) is 8.42 Å².